The van der Waals surface area contributed by atoms with Crippen LogP contribution in [0.4, 0.5) is 10.1 Å². The fourth-order valence-corrected chi connectivity index (χ4v) is 2.44. The molecule has 1 N–H and O–H groups in total. The minimum Gasteiger partial charge on any atom is -0.380 e. The van der Waals surface area contributed by atoms with Gasteiger partial charge >= 0.3 is 0 Å². The van der Waals surface area contributed by atoms with Crippen LogP contribution < -0.4 is 5.32 Å². The number of rotatable bonds is 3. The number of hydrogen-bond donors (Lipinski definition) is 1. The number of halogens is 1. The summed E-state index contributed by atoms with van der Waals surface area (Å²) in [5, 5.41) is 12.5. The topological polar surface area (TPSA) is 48.7 Å². The lowest BCUT2D eigenvalue weighted by atomic mass is 10.1. The van der Waals surface area contributed by atoms with E-state index in [1.54, 1.807) is 13.8 Å². The molecule has 2 aromatic rings. The summed E-state index contributed by atoms with van der Waals surface area (Å²) in [4.78, 5) is 4.29. The first kappa shape index (κ1) is 15.0. The van der Waals surface area contributed by atoms with E-state index in [1.165, 1.54) is 0 Å². The van der Waals surface area contributed by atoms with Crippen molar-refractivity contribution in [3.05, 3.63) is 57.7 Å². The summed E-state index contributed by atoms with van der Waals surface area (Å²) in [5.41, 5.74) is 5.15. The molecule has 1 aromatic carbocycles. The van der Waals surface area contributed by atoms with Gasteiger partial charge in [-0.05, 0) is 50.5 Å². The highest BCUT2D eigenvalue weighted by molar-refractivity contribution is 5.60. The fraction of sp³-hybridized carbons (Fsp3) is 0.294. The van der Waals surface area contributed by atoms with Crippen molar-refractivity contribution in [1.29, 1.82) is 5.26 Å². The molecule has 108 valence electrons. The van der Waals surface area contributed by atoms with Gasteiger partial charge in [0.15, 0.2) is 0 Å². The Morgan fingerprint density at radius 3 is 2.33 bits per heavy atom. The number of nitriles is 1. The summed E-state index contributed by atoms with van der Waals surface area (Å²) < 4.78 is 13.6. The maximum absolute atomic E-state index is 13.6. The van der Waals surface area contributed by atoms with E-state index in [-0.39, 0.29) is 5.82 Å². The van der Waals surface area contributed by atoms with E-state index in [9.17, 15) is 9.65 Å². The van der Waals surface area contributed by atoms with E-state index in [2.05, 4.69) is 16.4 Å². The van der Waals surface area contributed by atoms with Gasteiger partial charge < -0.3 is 5.32 Å². The quantitative estimate of drug-likeness (QED) is 0.928. The van der Waals surface area contributed by atoms with Crippen molar-refractivity contribution in [2.75, 3.05) is 5.32 Å². The van der Waals surface area contributed by atoms with Gasteiger partial charge in [-0.15, -0.1) is 0 Å². The summed E-state index contributed by atoms with van der Waals surface area (Å²) in [6.45, 7) is 7.77. The van der Waals surface area contributed by atoms with Gasteiger partial charge in [0, 0.05) is 12.2 Å². The first-order valence-corrected chi connectivity index (χ1v) is 6.80. The monoisotopic (exact) mass is 283 g/mol. The largest absolute Gasteiger partial charge is 0.380 e. The average Bonchev–Trinajstić information content (AvgIpc) is 2.41. The molecular formula is C17H18FN3. The minimum atomic E-state index is -0.160. The van der Waals surface area contributed by atoms with Crippen LogP contribution in [0.25, 0.3) is 0 Å². The van der Waals surface area contributed by atoms with Crippen molar-refractivity contribution >= 4 is 5.69 Å². The number of aromatic nitrogens is 1. The Morgan fingerprint density at radius 1 is 1.14 bits per heavy atom. The Kier molecular flexibility index (Phi) is 4.23. The predicted octanol–water partition coefficient (Wildman–Crippen LogP) is 3.94. The van der Waals surface area contributed by atoms with Gasteiger partial charge in [-0.25, -0.2) is 4.39 Å². The van der Waals surface area contributed by atoms with Gasteiger partial charge in [-0.1, -0.05) is 12.1 Å². The molecule has 0 aliphatic carbocycles. The zero-order chi connectivity index (χ0) is 15.6. The van der Waals surface area contributed by atoms with Crippen LogP contribution in [0.15, 0.2) is 18.2 Å². The molecule has 0 aliphatic heterocycles. The van der Waals surface area contributed by atoms with E-state index in [1.807, 2.05) is 32.0 Å². The first-order valence-electron chi connectivity index (χ1n) is 6.80. The molecule has 0 amide bonds. The molecule has 0 radical (unpaired) electrons. The lowest BCUT2D eigenvalue weighted by molar-refractivity contribution is 0.608. The Bertz CT molecular complexity index is 707. The molecule has 0 fully saturated rings. The van der Waals surface area contributed by atoms with Gasteiger partial charge in [0.1, 0.15) is 11.9 Å². The zero-order valence-corrected chi connectivity index (χ0v) is 12.7. The van der Waals surface area contributed by atoms with Crippen molar-refractivity contribution < 1.29 is 4.39 Å². The van der Waals surface area contributed by atoms with Gasteiger partial charge in [-0.2, -0.15) is 5.26 Å². The summed E-state index contributed by atoms with van der Waals surface area (Å²) in [7, 11) is 0. The standard InChI is InChI=1S/C17H18FN3/c1-10-5-14(6-11(2)17(10)18)9-20-16-7-12(3)21-13(4)15(16)8-19/h5-7H,9H2,1-4H3,(H,20,21). The molecule has 0 bridgehead atoms. The summed E-state index contributed by atoms with van der Waals surface area (Å²) in [6, 6.07) is 7.67. The fourth-order valence-electron chi connectivity index (χ4n) is 2.44. The Labute approximate surface area is 124 Å². The number of hydrogen-bond acceptors (Lipinski definition) is 3. The van der Waals surface area contributed by atoms with Crippen LogP contribution in [-0.2, 0) is 6.54 Å². The number of nitrogens with zero attached hydrogens (tertiary/aromatic N) is 2. The van der Waals surface area contributed by atoms with Gasteiger partial charge in [0.05, 0.1) is 16.9 Å². The molecule has 0 atom stereocenters. The van der Waals surface area contributed by atoms with Crippen molar-refractivity contribution in [1.82, 2.24) is 4.98 Å². The van der Waals surface area contributed by atoms with Crippen molar-refractivity contribution in [2.45, 2.75) is 34.2 Å². The lowest BCUT2D eigenvalue weighted by Crippen LogP contribution is -2.05. The van der Waals surface area contributed by atoms with Crippen molar-refractivity contribution in [2.24, 2.45) is 0 Å². The van der Waals surface area contributed by atoms with Crippen LogP contribution in [0.5, 0.6) is 0 Å². The highest BCUT2D eigenvalue weighted by Gasteiger charge is 2.09. The van der Waals surface area contributed by atoms with Crippen LogP contribution >= 0.6 is 0 Å². The maximum Gasteiger partial charge on any atom is 0.129 e. The molecule has 4 heteroatoms. The summed E-state index contributed by atoms with van der Waals surface area (Å²) >= 11 is 0. The first-order chi connectivity index (χ1) is 9.92. The highest BCUT2D eigenvalue weighted by atomic mass is 19.1. The third-order valence-corrected chi connectivity index (χ3v) is 3.42. The molecule has 3 nitrogen and oxygen atoms in total. The zero-order valence-electron chi connectivity index (χ0n) is 12.7. The van der Waals surface area contributed by atoms with Crippen LogP contribution in [-0.4, -0.2) is 4.98 Å². The smallest absolute Gasteiger partial charge is 0.129 e. The number of aryl methyl sites for hydroxylation is 4. The molecule has 0 spiro atoms. The van der Waals surface area contributed by atoms with Crippen LogP contribution in [0, 0.1) is 44.8 Å². The van der Waals surface area contributed by atoms with E-state index in [0.29, 0.717) is 28.9 Å². The molecule has 1 heterocycles. The molecular weight excluding hydrogens is 265 g/mol. The van der Waals surface area contributed by atoms with Crippen LogP contribution in [0.1, 0.15) is 33.6 Å². The van der Waals surface area contributed by atoms with E-state index in [4.69, 9.17) is 0 Å². The number of benzene rings is 1. The summed E-state index contributed by atoms with van der Waals surface area (Å²) in [5.74, 6) is -0.160. The Balaban J connectivity index is 2.27. The predicted molar refractivity (Wildman–Crippen MR) is 81.6 cm³/mol. The van der Waals surface area contributed by atoms with Gasteiger partial charge in [-0.3, -0.25) is 4.98 Å². The molecule has 0 unspecified atom stereocenters. The van der Waals surface area contributed by atoms with Crippen molar-refractivity contribution in [3.8, 4) is 6.07 Å². The second-order valence-electron chi connectivity index (χ2n) is 5.28. The molecule has 21 heavy (non-hydrogen) atoms. The Hall–Kier alpha value is -2.41. The number of pyridine rings is 1. The minimum absolute atomic E-state index is 0.160. The van der Waals surface area contributed by atoms with Crippen LogP contribution in [0.2, 0.25) is 0 Å². The van der Waals surface area contributed by atoms with Crippen molar-refractivity contribution in [3.63, 3.8) is 0 Å². The average molecular weight is 283 g/mol. The second kappa shape index (κ2) is 5.92. The second-order valence-corrected chi connectivity index (χ2v) is 5.28. The van der Waals surface area contributed by atoms with E-state index in [0.717, 1.165) is 16.9 Å². The molecule has 0 saturated heterocycles. The SMILES string of the molecule is Cc1cc(NCc2cc(C)c(F)c(C)c2)c(C#N)c(C)n1. The lowest BCUT2D eigenvalue weighted by Gasteiger charge is -2.12. The third kappa shape index (κ3) is 3.19. The van der Waals surface area contributed by atoms with Crippen LogP contribution in [0.3, 0.4) is 0 Å². The normalized spacial score (nSPS) is 10.3. The molecule has 1 aromatic heterocycles. The summed E-state index contributed by atoms with van der Waals surface area (Å²) in [6.07, 6.45) is 0. The molecule has 0 saturated carbocycles. The van der Waals surface area contributed by atoms with E-state index < -0.39 is 0 Å². The maximum atomic E-state index is 13.6. The third-order valence-electron chi connectivity index (χ3n) is 3.42. The van der Waals surface area contributed by atoms with E-state index >= 15 is 0 Å². The highest BCUT2D eigenvalue weighted by Crippen LogP contribution is 2.21. The molecule has 0 aliphatic rings. The van der Waals surface area contributed by atoms with Gasteiger partial charge in [0.2, 0.25) is 0 Å². The number of anilines is 1. The molecule has 2 rings (SSSR count). The van der Waals surface area contributed by atoms with Gasteiger partial charge in [0.25, 0.3) is 0 Å². The number of nitrogens with one attached hydrogen (secondary N) is 1. The Morgan fingerprint density at radius 2 is 1.76 bits per heavy atom.